The zero-order chi connectivity index (χ0) is 13.1. The van der Waals surface area contributed by atoms with Crippen LogP contribution in [0.2, 0.25) is 0 Å². The van der Waals surface area contributed by atoms with Gasteiger partial charge in [-0.3, -0.25) is 4.98 Å². The number of rotatable bonds is 5. The minimum atomic E-state index is 0.267. The quantitative estimate of drug-likeness (QED) is 0.913. The zero-order valence-corrected chi connectivity index (χ0v) is 11.8. The summed E-state index contributed by atoms with van der Waals surface area (Å²) in [7, 11) is 0. The van der Waals surface area contributed by atoms with Crippen LogP contribution in [0.25, 0.3) is 10.2 Å². The third-order valence-electron chi connectivity index (χ3n) is 3.22. The number of aromatic nitrogens is 1. The fourth-order valence-electron chi connectivity index (χ4n) is 2.22. The number of nitrogens with zero attached hydrogens (tertiary/aromatic N) is 1. The molecule has 1 fully saturated rings. The molecule has 102 valence electrons. The lowest BCUT2D eigenvalue weighted by Gasteiger charge is -2.18. The summed E-state index contributed by atoms with van der Waals surface area (Å²) in [4.78, 5) is 4.34. The summed E-state index contributed by atoms with van der Waals surface area (Å²) < 4.78 is 12.3. The van der Waals surface area contributed by atoms with E-state index in [1.165, 1.54) is 4.70 Å². The van der Waals surface area contributed by atoms with Crippen molar-refractivity contribution in [2.45, 2.75) is 25.5 Å². The Morgan fingerprint density at radius 1 is 1.58 bits per heavy atom. The molecule has 0 aliphatic carbocycles. The van der Waals surface area contributed by atoms with Crippen LogP contribution in [0.3, 0.4) is 0 Å². The molecule has 0 spiro atoms. The van der Waals surface area contributed by atoms with Crippen LogP contribution in [-0.4, -0.2) is 37.0 Å². The van der Waals surface area contributed by atoms with Crippen LogP contribution >= 0.6 is 11.3 Å². The first kappa shape index (κ1) is 12.8. The highest BCUT2D eigenvalue weighted by Gasteiger charge is 2.17. The van der Waals surface area contributed by atoms with Gasteiger partial charge in [-0.15, -0.1) is 11.3 Å². The van der Waals surface area contributed by atoms with E-state index in [0.717, 1.165) is 30.8 Å². The van der Waals surface area contributed by atoms with Crippen molar-refractivity contribution in [1.82, 2.24) is 4.98 Å². The minimum Gasteiger partial charge on any atom is -0.379 e. The van der Waals surface area contributed by atoms with Gasteiger partial charge >= 0.3 is 0 Å². The number of anilines is 1. The fraction of sp³-hybridized carbons (Fsp3) is 0.500. The molecule has 0 bridgehead atoms. The van der Waals surface area contributed by atoms with Gasteiger partial charge in [0.25, 0.3) is 0 Å². The normalized spacial score (nSPS) is 20.8. The standard InChI is InChI=1S/C14H18N2O2S/c1-10(8-18-11-3-6-17-9-11)16-13-2-5-15-12-4-7-19-14(12)13/h2,4-5,7,10-11H,3,6,8-9H2,1H3,(H,15,16). The second-order valence-corrected chi connectivity index (χ2v) is 5.77. The van der Waals surface area contributed by atoms with Crippen molar-refractivity contribution in [1.29, 1.82) is 0 Å². The molecule has 0 radical (unpaired) electrons. The molecule has 4 nitrogen and oxygen atoms in total. The van der Waals surface area contributed by atoms with E-state index in [0.29, 0.717) is 6.61 Å². The zero-order valence-electron chi connectivity index (χ0n) is 11.0. The van der Waals surface area contributed by atoms with E-state index in [2.05, 4.69) is 22.6 Å². The fourth-order valence-corrected chi connectivity index (χ4v) is 3.05. The number of fused-ring (bicyclic) bond motifs is 1. The molecule has 3 heterocycles. The van der Waals surface area contributed by atoms with Crippen LogP contribution in [-0.2, 0) is 9.47 Å². The van der Waals surface area contributed by atoms with Crippen LogP contribution in [0, 0.1) is 0 Å². The molecule has 1 aliphatic rings. The average molecular weight is 278 g/mol. The Labute approximate surface area is 116 Å². The van der Waals surface area contributed by atoms with E-state index in [9.17, 15) is 0 Å². The second-order valence-electron chi connectivity index (χ2n) is 4.86. The second kappa shape index (κ2) is 5.86. The Balaban J connectivity index is 1.59. The van der Waals surface area contributed by atoms with Crippen molar-refractivity contribution in [3.05, 3.63) is 23.7 Å². The van der Waals surface area contributed by atoms with Crippen LogP contribution < -0.4 is 5.32 Å². The summed E-state index contributed by atoms with van der Waals surface area (Å²) in [6.45, 7) is 4.39. The first-order valence-corrected chi connectivity index (χ1v) is 7.49. The Morgan fingerprint density at radius 2 is 2.53 bits per heavy atom. The molecule has 0 amide bonds. The van der Waals surface area contributed by atoms with E-state index in [1.54, 1.807) is 11.3 Å². The molecular formula is C14H18N2O2S. The van der Waals surface area contributed by atoms with Crippen molar-refractivity contribution in [3.63, 3.8) is 0 Å². The predicted molar refractivity (Wildman–Crippen MR) is 77.9 cm³/mol. The Morgan fingerprint density at radius 3 is 3.37 bits per heavy atom. The Kier molecular flexibility index (Phi) is 3.96. The molecule has 2 atom stereocenters. The van der Waals surface area contributed by atoms with Gasteiger partial charge in [-0.2, -0.15) is 0 Å². The first-order chi connectivity index (χ1) is 9.33. The topological polar surface area (TPSA) is 43.4 Å². The predicted octanol–water partition coefficient (Wildman–Crippen LogP) is 2.90. The molecular weight excluding hydrogens is 260 g/mol. The highest BCUT2D eigenvalue weighted by Crippen LogP contribution is 2.27. The van der Waals surface area contributed by atoms with Crippen LogP contribution in [0.1, 0.15) is 13.3 Å². The number of pyridine rings is 1. The number of hydrogen-bond donors (Lipinski definition) is 1. The van der Waals surface area contributed by atoms with Crippen molar-refractivity contribution >= 4 is 27.2 Å². The van der Waals surface area contributed by atoms with Crippen molar-refractivity contribution in [2.75, 3.05) is 25.1 Å². The third kappa shape index (κ3) is 3.05. The van der Waals surface area contributed by atoms with Gasteiger partial charge in [0.05, 0.1) is 35.2 Å². The smallest absolute Gasteiger partial charge is 0.0831 e. The molecule has 2 aromatic rings. The number of nitrogens with one attached hydrogen (secondary N) is 1. The van der Waals surface area contributed by atoms with Gasteiger partial charge < -0.3 is 14.8 Å². The van der Waals surface area contributed by atoms with Gasteiger partial charge in [-0.25, -0.2) is 0 Å². The number of hydrogen-bond acceptors (Lipinski definition) is 5. The maximum atomic E-state index is 5.83. The summed E-state index contributed by atoms with van der Waals surface area (Å²) in [5, 5.41) is 5.57. The summed E-state index contributed by atoms with van der Waals surface area (Å²) in [5.41, 5.74) is 2.19. The van der Waals surface area contributed by atoms with Crippen LogP contribution in [0.15, 0.2) is 23.7 Å². The van der Waals surface area contributed by atoms with E-state index in [4.69, 9.17) is 9.47 Å². The van der Waals surface area contributed by atoms with E-state index in [1.807, 2.05) is 18.3 Å². The molecule has 1 N–H and O–H groups in total. The molecule has 3 rings (SSSR count). The van der Waals surface area contributed by atoms with E-state index >= 15 is 0 Å². The molecule has 1 aliphatic heterocycles. The van der Waals surface area contributed by atoms with Gasteiger partial charge in [0.15, 0.2) is 0 Å². The van der Waals surface area contributed by atoms with Crippen LogP contribution in [0.5, 0.6) is 0 Å². The summed E-state index contributed by atoms with van der Waals surface area (Å²) in [6.07, 6.45) is 3.12. The third-order valence-corrected chi connectivity index (χ3v) is 4.15. The molecule has 1 saturated heterocycles. The van der Waals surface area contributed by atoms with Gasteiger partial charge in [-0.05, 0) is 30.9 Å². The van der Waals surface area contributed by atoms with Gasteiger partial charge in [-0.1, -0.05) is 0 Å². The highest BCUT2D eigenvalue weighted by molar-refractivity contribution is 7.17. The molecule has 0 aromatic carbocycles. The molecule has 5 heteroatoms. The Hall–Kier alpha value is -1.17. The van der Waals surface area contributed by atoms with Crippen molar-refractivity contribution in [2.24, 2.45) is 0 Å². The monoisotopic (exact) mass is 278 g/mol. The maximum Gasteiger partial charge on any atom is 0.0831 e. The van der Waals surface area contributed by atoms with Crippen molar-refractivity contribution in [3.8, 4) is 0 Å². The minimum absolute atomic E-state index is 0.267. The molecule has 19 heavy (non-hydrogen) atoms. The lowest BCUT2D eigenvalue weighted by molar-refractivity contribution is 0.0395. The van der Waals surface area contributed by atoms with Crippen LogP contribution in [0.4, 0.5) is 5.69 Å². The molecule has 2 unspecified atom stereocenters. The summed E-state index contributed by atoms with van der Waals surface area (Å²) >= 11 is 1.71. The Bertz CT molecular complexity index is 537. The molecule has 2 aromatic heterocycles. The first-order valence-electron chi connectivity index (χ1n) is 6.61. The lowest BCUT2D eigenvalue weighted by Crippen LogP contribution is -2.25. The average Bonchev–Trinajstić information content (AvgIpc) is 3.08. The van der Waals surface area contributed by atoms with Gasteiger partial charge in [0.1, 0.15) is 0 Å². The summed E-state index contributed by atoms with van der Waals surface area (Å²) in [5.74, 6) is 0. The maximum absolute atomic E-state index is 5.83. The summed E-state index contributed by atoms with van der Waals surface area (Å²) in [6, 6.07) is 4.34. The van der Waals surface area contributed by atoms with Gasteiger partial charge in [0.2, 0.25) is 0 Å². The highest BCUT2D eigenvalue weighted by atomic mass is 32.1. The largest absolute Gasteiger partial charge is 0.379 e. The SMILES string of the molecule is CC(COC1CCOC1)Nc1ccnc2ccsc12. The van der Waals surface area contributed by atoms with E-state index in [-0.39, 0.29) is 12.1 Å². The molecule has 0 saturated carbocycles. The lowest BCUT2D eigenvalue weighted by atomic mass is 10.3. The van der Waals surface area contributed by atoms with E-state index < -0.39 is 0 Å². The van der Waals surface area contributed by atoms with Gasteiger partial charge in [0, 0.05) is 18.8 Å². The van der Waals surface area contributed by atoms with Crippen molar-refractivity contribution < 1.29 is 9.47 Å². The number of ether oxygens (including phenoxy) is 2. The number of thiophene rings is 1.